The topological polar surface area (TPSA) is 78.3 Å². The molecule has 0 bridgehead atoms. The number of amides is 1. The zero-order valence-electron chi connectivity index (χ0n) is 15.4. The van der Waals surface area contributed by atoms with Crippen molar-refractivity contribution in [3.05, 3.63) is 42.7 Å². The Kier molecular flexibility index (Phi) is 6.75. The molecule has 27 heavy (non-hydrogen) atoms. The minimum atomic E-state index is -0.361. The number of rotatable bonds is 9. The summed E-state index contributed by atoms with van der Waals surface area (Å²) in [4.78, 5) is 12.0. The number of aromatic nitrogens is 3. The van der Waals surface area contributed by atoms with Crippen molar-refractivity contribution in [1.82, 2.24) is 20.1 Å². The number of fused-ring (bicyclic) bond motifs is 1. The molecule has 0 aliphatic carbocycles. The van der Waals surface area contributed by atoms with E-state index in [1.54, 1.807) is 6.08 Å². The number of nitrogens with zero attached hydrogens (tertiary/aromatic N) is 3. The van der Waals surface area contributed by atoms with Crippen molar-refractivity contribution in [2.24, 2.45) is 0 Å². The second-order valence-corrected chi connectivity index (χ2v) is 7.04. The van der Waals surface area contributed by atoms with Crippen molar-refractivity contribution in [2.45, 2.75) is 37.6 Å². The van der Waals surface area contributed by atoms with Crippen LogP contribution < -0.4 is 14.8 Å². The summed E-state index contributed by atoms with van der Waals surface area (Å²) in [6, 6.07) is 7.55. The highest BCUT2D eigenvalue weighted by atomic mass is 32.2. The Morgan fingerprint density at radius 2 is 2.22 bits per heavy atom. The van der Waals surface area contributed by atoms with Gasteiger partial charge >= 0.3 is 0 Å². The summed E-state index contributed by atoms with van der Waals surface area (Å²) >= 11 is 1.36. The maximum absolute atomic E-state index is 12.0. The van der Waals surface area contributed by atoms with Crippen LogP contribution in [0.4, 0.5) is 0 Å². The van der Waals surface area contributed by atoms with Crippen molar-refractivity contribution in [3.8, 4) is 11.5 Å². The summed E-state index contributed by atoms with van der Waals surface area (Å²) in [5, 5.41) is 12.1. The second-order valence-electron chi connectivity index (χ2n) is 6.10. The van der Waals surface area contributed by atoms with E-state index in [4.69, 9.17) is 9.47 Å². The Labute approximate surface area is 163 Å². The lowest BCUT2D eigenvalue weighted by molar-refractivity contribution is -0.118. The van der Waals surface area contributed by atoms with E-state index in [0.29, 0.717) is 42.2 Å². The third kappa shape index (κ3) is 4.82. The first-order valence-electron chi connectivity index (χ1n) is 9.05. The molecule has 0 saturated carbocycles. The maximum Gasteiger partial charge on any atom is 0.230 e. The second kappa shape index (κ2) is 9.45. The number of allylic oxidation sites excluding steroid dienone is 1. The molecule has 0 saturated heterocycles. The van der Waals surface area contributed by atoms with Gasteiger partial charge in [-0.25, -0.2) is 0 Å². The van der Waals surface area contributed by atoms with Gasteiger partial charge in [-0.05, 0) is 18.6 Å². The molecule has 7 nitrogen and oxygen atoms in total. The van der Waals surface area contributed by atoms with Crippen LogP contribution in [0.3, 0.4) is 0 Å². The number of carbonyl (C=O) groups excluding carboxylic acids is 1. The fraction of sp³-hybridized carbons (Fsp3) is 0.421. The fourth-order valence-corrected chi connectivity index (χ4v) is 3.46. The van der Waals surface area contributed by atoms with Crippen molar-refractivity contribution in [3.63, 3.8) is 0 Å². The average Bonchev–Trinajstić information content (AvgIpc) is 3.09. The van der Waals surface area contributed by atoms with E-state index in [1.807, 2.05) is 28.8 Å². The molecule has 1 unspecified atom stereocenters. The Morgan fingerprint density at radius 3 is 3.00 bits per heavy atom. The third-order valence-corrected chi connectivity index (χ3v) is 5.01. The SMILES string of the molecule is C=CCn1c(SCC(=O)NCCCC)nnc1C1COc2ccccc2O1. The summed E-state index contributed by atoms with van der Waals surface area (Å²) in [5.41, 5.74) is 0. The van der Waals surface area contributed by atoms with E-state index >= 15 is 0 Å². The molecule has 1 aromatic carbocycles. The summed E-state index contributed by atoms with van der Waals surface area (Å²) in [7, 11) is 0. The van der Waals surface area contributed by atoms with Gasteiger partial charge in [0.1, 0.15) is 6.61 Å². The van der Waals surface area contributed by atoms with Crippen molar-refractivity contribution in [2.75, 3.05) is 18.9 Å². The van der Waals surface area contributed by atoms with Gasteiger partial charge in [-0.1, -0.05) is 43.3 Å². The van der Waals surface area contributed by atoms with Crippen molar-refractivity contribution >= 4 is 17.7 Å². The number of hydrogen-bond acceptors (Lipinski definition) is 6. The van der Waals surface area contributed by atoms with Gasteiger partial charge in [-0.15, -0.1) is 16.8 Å². The minimum Gasteiger partial charge on any atom is -0.485 e. The lowest BCUT2D eigenvalue weighted by Crippen LogP contribution is -2.26. The van der Waals surface area contributed by atoms with Gasteiger partial charge in [0, 0.05) is 13.1 Å². The summed E-state index contributed by atoms with van der Waals surface area (Å²) in [6.45, 7) is 7.49. The van der Waals surface area contributed by atoms with Crippen molar-refractivity contribution < 1.29 is 14.3 Å². The van der Waals surface area contributed by atoms with Crippen LogP contribution in [0.15, 0.2) is 42.1 Å². The molecule has 1 aliphatic heterocycles. The number of unbranched alkanes of at least 4 members (excludes halogenated alkanes) is 1. The third-order valence-electron chi connectivity index (χ3n) is 4.04. The highest BCUT2D eigenvalue weighted by Crippen LogP contribution is 2.36. The van der Waals surface area contributed by atoms with Crippen LogP contribution >= 0.6 is 11.8 Å². The molecule has 3 rings (SSSR count). The number of benzene rings is 1. The van der Waals surface area contributed by atoms with Crippen LogP contribution in [-0.4, -0.2) is 39.6 Å². The number of carbonyl (C=O) groups is 1. The minimum absolute atomic E-state index is 0.00525. The summed E-state index contributed by atoms with van der Waals surface area (Å²) in [5.74, 6) is 2.37. The average molecular weight is 388 g/mol. The highest BCUT2D eigenvalue weighted by molar-refractivity contribution is 7.99. The zero-order chi connectivity index (χ0) is 19.1. The number of hydrogen-bond donors (Lipinski definition) is 1. The van der Waals surface area contributed by atoms with Crippen LogP contribution in [0.1, 0.15) is 31.7 Å². The lowest BCUT2D eigenvalue weighted by Gasteiger charge is -2.26. The molecule has 8 heteroatoms. The van der Waals surface area contributed by atoms with Crippen LogP contribution in [0, 0.1) is 0 Å². The Balaban J connectivity index is 1.68. The van der Waals surface area contributed by atoms with E-state index < -0.39 is 0 Å². The molecule has 1 aliphatic rings. The molecule has 0 spiro atoms. The Hall–Kier alpha value is -2.48. The lowest BCUT2D eigenvalue weighted by atomic mass is 10.2. The van der Waals surface area contributed by atoms with E-state index in [2.05, 4.69) is 29.0 Å². The van der Waals surface area contributed by atoms with E-state index in [0.717, 1.165) is 18.6 Å². The molecular formula is C19H24N4O3S. The van der Waals surface area contributed by atoms with Gasteiger partial charge in [0.25, 0.3) is 0 Å². The van der Waals surface area contributed by atoms with E-state index in [9.17, 15) is 4.79 Å². The van der Waals surface area contributed by atoms with Crippen LogP contribution in [-0.2, 0) is 11.3 Å². The van der Waals surface area contributed by atoms with Gasteiger partial charge < -0.3 is 14.8 Å². The number of para-hydroxylation sites is 2. The molecule has 2 heterocycles. The van der Waals surface area contributed by atoms with E-state index in [-0.39, 0.29) is 12.0 Å². The molecule has 1 amide bonds. The van der Waals surface area contributed by atoms with Crippen LogP contribution in [0.2, 0.25) is 0 Å². The van der Waals surface area contributed by atoms with Gasteiger partial charge in [-0.3, -0.25) is 9.36 Å². The van der Waals surface area contributed by atoms with Crippen LogP contribution in [0.5, 0.6) is 11.5 Å². The first kappa shape index (κ1) is 19.3. The molecule has 1 atom stereocenters. The highest BCUT2D eigenvalue weighted by Gasteiger charge is 2.28. The van der Waals surface area contributed by atoms with Crippen LogP contribution in [0.25, 0.3) is 0 Å². The monoisotopic (exact) mass is 388 g/mol. The molecule has 1 aromatic heterocycles. The molecule has 0 fully saturated rings. The molecule has 144 valence electrons. The first-order chi connectivity index (χ1) is 13.2. The maximum atomic E-state index is 12.0. The largest absolute Gasteiger partial charge is 0.485 e. The van der Waals surface area contributed by atoms with Gasteiger partial charge in [0.15, 0.2) is 28.6 Å². The fourth-order valence-electron chi connectivity index (χ4n) is 2.68. The quantitative estimate of drug-likeness (QED) is 0.404. The molecule has 2 aromatic rings. The normalized spacial score (nSPS) is 15.4. The smallest absolute Gasteiger partial charge is 0.230 e. The summed E-state index contributed by atoms with van der Waals surface area (Å²) < 4.78 is 13.7. The number of ether oxygens (including phenoxy) is 2. The Morgan fingerprint density at radius 1 is 1.41 bits per heavy atom. The standard InChI is InChI=1S/C19H24N4O3S/c1-3-5-10-20-17(24)13-27-19-22-21-18(23(19)11-4-2)16-12-25-14-8-6-7-9-15(14)26-16/h4,6-9,16H,2-3,5,10-13H2,1H3,(H,20,24). The summed E-state index contributed by atoms with van der Waals surface area (Å²) in [6.07, 6.45) is 3.45. The zero-order valence-corrected chi connectivity index (χ0v) is 16.2. The molecule has 1 N–H and O–H groups in total. The predicted molar refractivity (Wildman–Crippen MR) is 104 cm³/mol. The number of nitrogens with one attached hydrogen (secondary N) is 1. The van der Waals surface area contributed by atoms with E-state index in [1.165, 1.54) is 11.8 Å². The first-order valence-corrected chi connectivity index (χ1v) is 10.0. The van der Waals surface area contributed by atoms with Gasteiger partial charge in [-0.2, -0.15) is 0 Å². The Bertz CT molecular complexity index is 793. The molecule has 0 radical (unpaired) electrons. The molecular weight excluding hydrogens is 364 g/mol. The van der Waals surface area contributed by atoms with Gasteiger partial charge in [0.2, 0.25) is 5.91 Å². The van der Waals surface area contributed by atoms with Crippen molar-refractivity contribution in [1.29, 1.82) is 0 Å². The number of thioether (sulfide) groups is 1. The predicted octanol–water partition coefficient (Wildman–Crippen LogP) is 2.99. The van der Waals surface area contributed by atoms with Gasteiger partial charge in [0.05, 0.1) is 5.75 Å².